The Hall–Kier alpha value is -1.10. The zero-order valence-corrected chi connectivity index (χ0v) is 10.7. The number of nitrogens with zero attached hydrogens (tertiary/aromatic N) is 2. The molecule has 0 saturated heterocycles. The molecule has 17 heavy (non-hydrogen) atoms. The molecule has 1 unspecified atom stereocenters. The first-order chi connectivity index (χ1) is 8.13. The number of nitrogens with two attached hydrogens (primary N) is 1. The molecule has 4 nitrogen and oxygen atoms in total. The van der Waals surface area contributed by atoms with Crippen LogP contribution in [0.3, 0.4) is 0 Å². The normalized spacial score (nSPS) is 13.2. The van der Waals surface area contributed by atoms with Crippen molar-refractivity contribution in [3.05, 3.63) is 29.0 Å². The quantitative estimate of drug-likeness (QED) is 0.910. The van der Waals surface area contributed by atoms with Gasteiger partial charge in [-0.3, -0.25) is 0 Å². The monoisotopic (exact) mass is 253 g/mol. The van der Waals surface area contributed by atoms with Crippen LogP contribution >= 0.6 is 11.6 Å². The van der Waals surface area contributed by atoms with Crippen molar-refractivity contribution in [3.63, 3.8) is 0 Å². The van der Waals surface area contributed by atoms with E-state index in [-0.39, 0.29) is 6.04 Å². The summed E-state index contributed by atoms with van der Waals surface area (Å²) in [7, 11) is 1.68. The summed E-state index contributed by atoms with van der Waals surface area (Å²) in [6.45, 7) is 3.27. The fourth-order valence-electron chi connectivity index (χ4n) is 1.88. The highest BCUT2D eigenvalue weighted by molar-refractivity contribution is 6.31. The van der Waals surface area contributed by atoms with E-state index in [4.69, 9.17) is 22.1 Å². The van der Waals surface area contributed by atoms with Crippen molar-refractivity contribution in [3.8, 4) is 0 Å². The van der Waals surface area contributed by atoms with Crippen molar-refractivity contribution >= 4 is 22.6 Å². The van der Waals surface area contributed by atoms with Crippen LogP contribution in [0.25, 0.3) is 11.0 Å². The number of fused-ring (bicyclic) bond motifs is 1. The minimum absolute atomic E-state index is 0.113. The molecule has 92 valence electrons. The third-order valence-electron chi connectivity index (χ3n) is 2.67. The number of imidazole rings is 1. The molecule has 1 aromatic carbocycles. The average Bonchev–Trinajstić information content (AvgIpc) is 2.64. The molecule has 2 N–H and O–H groups in total. The van der Waals surface area contributed by atoms with Crippen LogP contribution in [0.1, 0.15) is 18.8 Å². The molecule has 2 rings (SSSR count). The maximum Gasteiger partial charge on any atom is 0.126 e. The highest BCUT2D eigenvalue weighted by Gasteiger charge is 2.13. The van der Waals surface area contributed by atoms with E-state index in [2.05, 4.69) is 9.55 Å². The van der Waals surface area contributed by atoms with Gasteiger partial charge in [-0.2, -0.15) is 0 Å². The van der Waals surface area contributed by atoms with Crippen molar-refractivity contribution in [1.29, 1.82) is 0 Å². The summed E-state index contributed by atoms with van der Waals surface area (Å²) in [5.41, 5.74) is 7.85. The number of methoxy groups -OCH3 is 1. The third kappa shape index (κ3) is 2.44. The van der Waals surface area contributed by atoms with Crippen LogP contribution in [0.15, 0.2) is 18.2 Å². The number of halogens is 1. The second kappa shape index (κ2) is 5.04. The van der Waals surface area contributed by atoms with Gasteiger partial charge in [0, 0.05) is 18.7 Å². The van der Waals surface area contributed by atoms with E-state index in [1.165, 1.54) is 0 Å². The van der Waals surface area contributed by atoms with Gasteiger partial charge < -0.3 is 15.0 Å². The van der Waals surface area contributed by atoms with Gasteiger partial charge in [0.2, 0.25) is 0 Å². The SMILES string of the molecule is COCCn1c(C(C)N)nc2ccc(Cl)cc21. The Labute approximate surface area is 105 Å². The standard InChI is InChI=1S/C12H16ClN3O/c1-8(14)12-15-10-4-3-9(13)7-11(10)16(12)5-6-17-2/h3-4,7-8H,5-6,14H2,1-2H3. The molecule has 0 aliphatic carbocycles. The fraction of sp³-hybridized carbons (Fsp3) is 0.417. The van der Waals surface area contributed by atoms with Gasteiger partial charge in [-0.05, 0) is 25.1 Å². The summed E-state index contributed by atoms with van der Waals surface area (Å²) < 4.78 is 7.17. The minimum Gasteiger partial charge on any atom is -0.383 e. The van der Waals surface area contributed by atoms with E-state index in [0.29, 0.717) is 11.6 Å². The Bertz CT molecular complexity index is 522. The van der Waals surface area contributed by atoms with E-state index in [1.807, 2.05) is 25.1 Å². The molecule has 1 heterocycles. The number of rotatable bonds is 4. The van der Waals surface area contributed by atoms with Gasteiger partial charge in [0.05, 0.1) is 23.7 Å². The molecule has 1 atom stereocenters. The molecule has 0 amide bonds. The molecule has 0 saturated carbocycles. The summed E-state index contributed by atoms with van der Waals surface area (Å²) in [6, 6.07) is 5.54. The molecule has 0 bridgehead atoms. The van der Waals surface area contributed by atoms with Crippen LogP contribution in [0.5, 0.6) is 0 Å². The second-order valence-corrected chi connectivity index (χ2v) is 4.47. The molecular formula is C12H16ClN3O. The molecule has 0 fully saturated rings. The summed E-state index contributed by atoms with van der Waals surface area (Å²) in [4.78, 5) is 4.53. The van der Waals surface area contributed by atoms with Gasteiger partial charge in [-0.25, -0.2) is 4.98 Å². The number of ether oxygens (including phenoxy) is 1. The number of benzene rings is 1. The third-order valence-corrected chi connectivity index (χ3v) is 2.90. The summed E-state index contributed by atoms with van der Waals surface area (Å²) >= 11 is 6.01. The lowest BCUT2D eigenvalue weighted by Crippen LogP contribution is -2.15. The van der Waals surface area contributed by atoms with E-state index in [1.54, 1.807) is 7.11 Å². The predicted molar refractivity (Wildman–Crippen MR) is 69.2 cm³/mol. The molecule has 0 aliphatic heterocycles. The average molecular weight is 254 g/mol. The van der Waals surface area contributed by atoms with Gasteiger partial charge in [0.1, 0.15) is 5.82 Å². The van der Waals surface area contributed by atoms with Crippen molar-refractivity contribution in [2.24, 2.45) is 5.73 Å². The lowest BCUT2D eigenvalue weighted by atomic mass is 10.3. The van der Waals surface area contributed by atoms with Crippen LogP contribution in [0, 0.1) is 0 Å². The Morgan fingerprint density at radius 2 is 2.29 bits per heavy atom. The molecule has 0 aliphatic rings. The minimum atomic E-state index is -0.113. The van der Waals surface area contributed by atoms with Gasteiger partial charge in [0.15, 0.2) is 0 Å². The van der Waals surface area contributed by atoms with Gasteiger partial charge in [-0.1, -0.05) is 11.6 Å². The van der Waals surface area contributed by atoms with Crippen molar-refractivity contribution < 1.29 is 4.74 Å². The first-order valence-corrected chi connectivity index (χ1v) is 5.91. The number of aromatic nitrogens is 2. The van der Waals surface area contributed by atoms with Crippen molar-refractivity contribution in [1.82, 2.24) is 9.55 Å². The van der Waals surface area contributed by atoms with E-state index < -0.39 is 0 Å². The molecule has 0 spiro atoms. The fourth-order valence-corrected chi connectivity index (χ4v) is 2.05. The van der Waals surface area contributed by atoms with E-state index >= 15 is 0 Å². The highest BCUT2D eigenvalue weighted by atomic mass is 35.5. The second-order valence-electron chi connectivity index (χ2n) is 4.04. The number of hydrogen-bond acceptors (Lipinski definition) is 3. The molecule has 1 aromatic heterocycles. The molecule has 5 heteroatoms. The maximum absolute atomic E-state index is 6.01. The largest absolute Gasteiger partial charge is 0.383 e. The van der Waals surface area contributed by atoms with Gasteiger partial charge in [-0.15, -0.1) is 0 Å². The Balaban J connectivity index is 2.56. The van der Waals surface area contributed by atoms with Crippen molar-refractivity contribution in [2.75, 3.05) is 13.7 Å². The first kappa shape index (κ1) is 12.4. The zero-order valence-electron chi connectivity index (χ0n) is 9.98. The Morgan fingerprint density at radius 1 is 1.53 bits per heavy atom. The topological polar surface area (TPSA) is 53.1 Å². The van der Waals surface area contributed by atoms with Crippen LogP contribution < -0.4 is 5.73 Å². The van der Waals surface area contributed by atoms with Crippen molar-refractivity contribution in [2.45, 2.75) is 19.5 Å². The Morgan fingerprint density at radius 3 is 2.94 bits per heavy atom. The summed E-state index contributed by atoms with van der Waals surface area (Å²) in [5, 5.41) is 0.701. The molecular weight excluding hydrogens is 238 g/mol. The lowest BCUT2D eigenvalue weighted by molar-refractivity contribution is 0.187. The lowest BCUT2D eigenvalue weighted by Gasteiger charge is -2.10. The van der Waals surface area contributed by atoms with E-state index in [9.17, 15) is 0 Å². The first-order valence-electron chi connectivity index (χ1n) is 5.53. The van der Waals surface area contributed by atoms with Crippen LogP contribution in [0.4, 0.5) is 0 Å². The zero-order chi connectivity index (χ0) is 12.4. The summed E-state index contributed by atoms with van der Waals surface area (Å²) in [6.07, 6.45) is 0. The van der Waals surface area contributed by atoms with Gasteiger partial charge in [0.25, 0.3) is 0 Å². The van der Waals surface area contributed by atoms with Gasteiger partial charge >= 0.3 is 0 Å². The Kier molecular flexibility index (Phi) is 3.66. The molecule has 0 radical (unpaired) electrons. The van der Waals surface area contributed by atoms with Crippen LogP contribution in [0.2, 0.25) is 5.02 Å². The highest BCUT2D eigenvalue weighted by Crippen LogP contribution is 2.23. The maximum atomic E-state index is 6.01. The smallest absolute Gasteiger partial charge is 0.126 e. The van der Waals surface area contributed by atoms with Crippen LogP contribution in [-0.4, -0.2) is 23.3 Å². The number of hydrogen-bond donors (Lipinski definition) is 1. The predicted octanol–water partition coefficient (Wildman–Crippen LogP) is 2.36. The molecule has 2 aromatic rings. The van der Waals surface area contributed by atoms with E-state index in [0.717, 1.165) is 23.4 Å². The van der Waals surface area contributed by atoms with Crippen LogP contribution in [-0.2, 0) is 11.3 Å². The summed E-state index contributed by atoms with van der Waals surface area (Å²) in [5.74, 6) is 0.860.